The van der Waals surface area contributed by atoms with Gasteiger partial charge in [-0.25, -0.2) is 8.42 Å². The summed E-state index contributed by atoms with van der Waals surface area (Å²) >= 11 is 5.99. The summed E-state index contributed by atoms with van der Waals surface area (Å²) in [6.45, 7) is 8.93. The predicted molar refractivity (Wildman–Crippen MR) is 153 cm³/mol. The molecule has 4 rings (SSSR count). The van der Waals surface area contributed by atoms with Gasteiger partial charge in [0, 0.05) is 44.2 Å². The number of ether oxygens (including phenoxy) is 1. The van der Waals surface area contributed by atoms with Gasteiger partial charge < -0.3 is 14.5 Å². The van der Waals surface area contributed by atoms with Crippen molar-refractivity contribution >= 4 is 38.9 Å². The number of hydrogen-bond donors (Lipinski definition) is 0. The molecule has 3 aromatic carbocycles. The van der Waals surface area contributed by atoms with E-state index in [0.29, 0.717) is 43.5 Å². The van der Waals surface area contributed by atoms with Gasteiger partial charge in [0.25, 0.3) is 10.0 Å². The summed E-state index contributed by atoms with van der Waals surface area (Å²) in [5.74, 6) is 0.773. The first kappa shape index (κ1) is 27.8. The molecule has 1 aliphatic rings. The van der Waals surface area contributed by atoms with Gasteiger partial charge in [-0.15, -0.1) is 0 Å². The zero-order valence-corrected chi connectivity index (χ0v) is 23.6. The number of carbonyl (C=O) groups is 1. The highest BCUT2D eigenvalue weighted by Crippen LogP contribution is 2.30. The molecule has 7 nitrogen and oxygen atoms in total. The molecule has 9 heteroatoms. The molecular weight excluding hydrogens is 522 g/mol. The van der Waals surface area contributed by atoms with Crippen molar-refractivity contribution < 1.29 is 17.9 Å². The Bertz CT molecular complexity index is 1350. The lowest BCUT2D eigenvalue weighted by Crippen LogP contribution is -2.49. The Kier molecular flexibility index (Phi) is 8.84. The molecule has 0 unspecified atom stereocenters. The van der Waals surface area contributed by atoms with Crippen LogP contribution in [0, 0.1) is 13.8 Å². The van der Waals surface area contributed by atoms with Crippen molar-refractivity contribution in [2.45, 2.75) is 32.1 Å². The monoisotopic (exact) mass is 555 g/mol. The second-order valence-corrected chi connectivity index (χ2v) is 11.7. The van der Waals surface area contributed by atoms with E-state index in [1.165, 1.54) is 16.4 Å². The molecule has 1 fully saturated rings. The molecule has 1 aliphatic heterocycles. The minimum absolute atomic E-state index is 0.0417. The number of nitrogens with zero attached hydrogens (tertiary/aromatic N) is 3. The first-order valence-corrected chi connectivity index (χ1v) is 14.6. The third-order valence-corrected chi connectivity index (χ3v) is 8.66. The first-order valence-electron chi connectivity index (χ1n) is 12.8. The maximum absolute atomic E-state index is 13.7. The average molecular weight is 556 g/mol. The highest BCUT2D eigenvalue weighted by molar-refractivity contribution is 7.92. The van der Waals surface area contributed by atoms with Crippen LogP contribution in [0.3, 0.4) is 0 Å². The summed E-state index contributed by atoms with van der Waals surface area (Å²) in [7, 11) is -3.90. The van der Waals surface area contributed by atoms with E-state index in [1.807, 2.05) is 68.1 Å². The Hall–Kier alpha value is -3.23. The number of hydrogen-bond acceptors (Lipinski definition) is 5. The van der Waals surface area contributed by atoms with Gasteiger partial charge in [0.05, 0.1) is 22.9 Å². The van der Waals surface area contributed by atoms with E-state index in [1.54, 1.807) is 12.1 Å². The minimum Gasteiger partial charge on any atom is -0.492 e. The quantitative estimate of drug-likeness (QED) is 0.359. The summed E-state index contributed by atoms with van der Waals surface area (Å²) in [5.41, 5.74) is 3.47. The van der Waals surface area contributed by atoms with Gasteiger partial charge in [0.2, 0.25) is 5.91 Å². The van der Waals surface area contributed by atoms with E-state index >= 15 is 0 Å². The lowest BCUT2D eigenvalue weighted by Gasteiger charge is -2.37. The smallest absolute Gasteiger partial charge is 0.264 e. The van der Waals surface area contributed by atoms with Gasteiger partial charge in [0.15, 0.2) is 0 Å². The minimum atomic E-state index is -3.90. The van der Waals surface area contributed by atoms with E-state index < -0.39 is 10.0 Å². The van der Waals surface area contributed by atoms with Gasteiger partial charge in [-0.1, -0.05) is 29.8 Å². The van der Waals surface area contributed by atoms with E-state index in [-0.39, 0.29) is 23.8 Å². The summed E-state index contributed by atoms with van der Waals surface area (Å²) in [5, 5.41) is 0.458. The molecule has 3 aromatic rings. The molecule has 1 amide bonds. The topological polar surface area (TPSA) is 70.2 Å². The summed E-state index contributed by atoms with van der Waals surface area (Å²) in [6, 6.07) is 19.7. The fourth-order valence-corrected chi connectivity index (χ4v) is 6.34. The van der Waals surface area contributed by atoms with E-state index in [0.717, 1.165) is 22.6 Å². The summed E-state index contributed by atoms with van der Waals surface area (Å²) in [6.07, 6.45) is 0.0787. The van der Waals surface area contributed by atoms with Crippen LogP contribution in [0.4, 0.5) is 11.4 Å². The zero-order chi connectivity index (χ0) is 27.3. The van der Waals surface area contributed by atoms with Crippen LogP contribution in [0.15, 0.2) is 71.6 Å². The Labute approximate surface area is 230 Å². The second kappa shape index (κ2) is 12.1. The van der Waals surface area contributed by atoms with E-state index in [9.17, 15) is 13.2 Å². The molecule has 0 bridgehead atoms. The van der Waals surface area contributed by atoms with Crippen molar-refractivity contribution in [1.82, 2.24) is 4.90 Å². The first-order chi connectivity index (χ1) is 18.2. The van der Waals surface area contributed by atoms with Crippen molar-refractivity contribution in [2.75, 3.05) is 48.5 Å². The fraction of sp³-hybridized carbons (Fsp3) is 0.345. The van der Waals surface area contributed by atoms with Crippen LogP contribution in [-0.2, 0) is 14.8 Å². The molecule has 1 saturated heterocycles. The molecule has 0 N–H and O–H groups in total. The van der Waals surface area contributed by atoms with Crippen molar-refractivity contribution in [2.24, 2.45) is 0 Å². The lowest BCUT2D eigenvalue weighted by molar-refractivity contribution is -0.131. The molecule has 0 aromatic heterocycles. The second-order valence-electron chi connectivity index (χ2n) is 9.40. The number of carbonyl (C=O) groups excluding carboxylic acids is 1. The number of amides is 1. The number of anilines is 2. The van der Waals surface area contributed by atoms with Crippen molar-refractivity contribution in [3.63, 3.8) is 0 Å². The molecule has 0 saturated carbocycles. The average Bonchev–Trinajstić information content (AvgIpc) is 2.89. The Morgan fingerprint density at radius 3 is 2.21 bits per heavy atom. The molecule has 0 aliphatic carbocycles. The maximum atomic E-state index is 13.7. The molecule has 1 heterocycles. The number of benzene rings is 3. The molecule has 38 heavy (non-hydrogen) atoms. The number of piperazine rings is 1. The van der Waals surface area contributed by atoms with Crippen molar-refractivity contribution in [3.8, 4) is 5.75 Å². The van der Waals surface area contributed by atoms with Crippen LogP contribution in [0.1, 0.15) is 24.5 Å². The van der Waals surface area contributed by atoms with Crippen molar-refractivity contribution in [1.29, 1.82) is 0 Å². The normalized spacial score (nSPS) is 13.9. The standard InChI is InChI=1S/C29H34ClN3O4S/c1-4-37-28-8-6-5-7-27(28)31-15-17-32(18-16-31)29(34)13-14-33(25-20-22(2)19-23(3)21-25)38(35,36)26-11-9-24(30)10-12-26/h5-12,19-21H,4,13-18H2,1-3H3. The van der Waals surface area contributed by atoms with Gasteiger partial charge >= 0.3 is 0 Å². The number of sulfonamides is 1. The number of aryl methyl sites for hydroxylation is 2. The third-order valence-electron chi connectivity index (χ3n) is 6.56. The lowest BCUT2D eigenvalue weighted by atomic mass is 10.1. The van der Waals surface area contributed by atoms with Crippen LogP contribution in [-0.4, -0.2) is 58.6 Å². The molecule has 0 radical (unpaired) electrons. The molecule has 0 atom stereocenters. The molecule has 202 valence electrons. The van der Waals surface area contributed by atoms with Crippen LogP contribution >= 0.6 is 11.6 Å². The highest BCUT2D eigenvalue weighted by Gasteiger charge is 2.28. The SMILES string of the molecule is CCOc1ccccc1N1CCN(C(=O)CCN(c2cc(C)cc(C)c2)S(=O)(=O)c2ccc(Cl)cc2)CC1. The van der Waals surface area contributed by atoms with Crippen LogP contribution in [0.5, 0.6) is 5.75 Å². The van der Waals surface area contributed by atoms with Gasteiger partial charge in [0.1, 0.15) is 5.75 Å². The van der Waals surface area contributed by atoms with Crippen molar-refractivity contribution in [3.05, 3.63) is 82.9 Å². The highest BCUT2D eigenvalue weighted by atomic mass is 35.5. The maximum Gasteiger partial charge on any atom is 0.264 e. The number of para-hydroxylation sites is 2. The zero-order valence-electron chi connectivity index (χ0n) is 22.1. The molecular formula is C29H34ClN3O4S. The largest absolute Gasteiger partial charge is 0.492 e. The van der Waals surface area contributed by atoms with Crippen LogP contribution in [0.2, 0.25) is 5.02 Å². The van der Waals surface area contributed by atoms with Crippen LogP contribution < -0.4 is 13.9 Å². The molecule has 0 spiro atoms. The van der Waals surface area contributed by atoms with E-state index in [2.05, 4.69) is 4.90 Å². The van der Waals surface area contributed by atoms with Gasteiger partial charge in [-0.3, -0.25) is 9.10 Å². The Morgan fingerprint density at radius 2 is 1.58 bits per heavy atom. The van der Waals surface area contributed by atoms with Gasteiger partial charge in [-0.05, 0) is 80.4 Å². The third kappa shape index (κ3) is 6.42. The van der Waals surface area contributed by atoms with Crippen LogP contribution in [0.25, 0.3) is 0 Å². The number of halogens is 1. The summed E-state index contributed by atoms with van der Waals surface area (Å²) < 4.78 is 34.5. The Morgan fingerprint density at radius 1 is 0.947 bits per heavy atom. The number of rotatable bonds is 9. The predicted octanol–water partition coefficient (Wildman–Crippen LogP) is 5.29. The van der Waals surface area contributed by atoms with E-state index in [4.69, 9.17) is 16.3 Å². The van der Waals surface area contributed by atoms with Gasteiger partial charge in [-0.2, -0.15) is 0 Å². The Balaban J connectivity index is 1.48. The fourth-order valence-electron chi connectivity index (χ4n) is 4.76. The summed E-state index contributed by atoms with van der Waals surface area (Å²) in [4.78, 5) is 17.4.